The summed E-state index contributed by atoms with van der Waals surface area (Å²) in [6, 6.07) is 4.52. The number of hydrogen-bond donors (Lipinski definition) is 0. The maximum Gasteiger partial charge on any atom is 0.431 e. The van der Waals surface area contributed by atoms with Crippen LogP contribution in [0.3, 0.4) is 0 Å². The molecule has 0 radical (unpaired) electrons. The number of hydrogen-bond acceptors (Lipinski definition) is 6. The van der Waals surface area contributed by atoms with Gasteiger partial charge in [-0.1, -0.05) is 19.6 Å². The predicted molar refractivity (Wildman–Crippen MR) is 133 cm³/mol. The van der Waals surface area contributed by atoms with E-state index in [1.807, 2.05) is 0 Å². The second-order valence-electron chi connectivity index (χ2n) is 8.97. The molecule has 0 N–H and O–H groups in total. The summed E-state index contributed by atoms with van der Waals surface area (Å²) >= 11 is 0. The third-order valence-corrected chi connectivity index (χ3v) is 8.17. The maximum absolute atomic E-state index is 13.8. The van der Waals surface area contributed by atoms with Crippen LogP contribution in [0.4, 0.5) is 17.6 Å². The quantitative estimate of drug-likeness (QED) is 0.317. The zero-order valence-electron chi connectivity index (χ0n) is 20.3. The van der Waals surface area contributed by atoms with E-state index in [0.717, 1.165) is 10.6 Å². The first-order valence-corrected chi connectivity index (χ1v) is 13.2. The molecule has 38 heavy (non-hydrogen) atoms. The third kappa shape index (κ3) is 4.30. The Kier molecular flexibility index (Phi) is 6.01. The minimum absolute atomic E-state index is 0.0227. The average Bonchev–Trinajstić information content (AvgIpc) is 3.65. The number of aryl methyl sites for hydroxylation is 1. The molecule has 4 heterocycles. The van der Waals surface area contributed by atoms with Crippen LogP contribution in [0.5, 0.6) is 0 Å². The summed E-state index contributed by atoms with van der Waals surface area (Å²) in [6.45, 7) is 4.62. The fourth-order valence-corrected chi connectivity index (χ4v) is 5.37. The molecule has 1 saturated carbocycles. The van der Waals surface area contributed by atoms with Gasteiger partial charge < -0.3 is 4.57 Å². The first-order valence-electron chi connectivity index (χ1n) is 11.6. The maximum atomic E-state index is 13.8. The zero-order valence-corrected chi connectivity index (χ0v) is 21.1. The number of pyridine rings is 3. The number of aromatic nitrogens is 5. The van der Waals surface area contributed by atoms with Gasteiger partial charge in [0.15, 0.2) is 15.7 Å². The molecule has 0 spiro atoms. The second-order valence-corrected chi connectivity index (χ2v) is 11.2. The Morgan fingerprint density at radius 2 is 1.82 bits per heavy atom. The second kappa shape index (κ2) is 8.86. The van der Waals surface area contributed by atoms with Crippen LogP contribution < -0.4 is 5.56 Å². The number of alkyl halides is 3. The Bertz CT molecular complexity index is 1770. The van der Waals surface area contributed by atoms with Gasteiger partial charge in [-0.25, -0.2) is 17.8 Å². The molecule has 0 aromatic carbocycles. The van der Waals surface area contributed by atoms with Crippen LogP contribution in [-0.4, -0.2) is 38.3 Å². The minimum atomic E-state index is -4.78. The van der Waals surface area contributed by atoms with Gasteiger partial charge in [-0.2, -0.15) is 13.2 Å². The van der Waals surface area contributed by atoms with Crippen LogP contribution in [0.15, 0.2) is 52.9 Å². The van der Waals surface area contributed by atoms with Crippen LogP contribution in [0, 0.1) is 0 Å². The standard InChI is InChI=1S/C25H21F4N5O3S/c1-4-38(36,37)19-9-15(14-5-8-17(13(2)26)30-11-14)12-31-21(19)23-32-18-10-20(25(27,28)29)34(16-6-7-16)24(35)22(18)33(23)3/h5,8-12,16H,2,4,6-7H2,1,3H3. The molecule has 1 aliphatic rings. The summed E-state index contributed by atoms with van der Waals surface area (Å²) in [6.07, 6.45) is -1.17. The molecule has 0 aliphatic heterocycles. The van der Waals surface area contributed by atoms with Crippen molar-refractivity contribution in [3.05, 3.63) is 65.0 Å². The molecule has 198 valence electrons. The molecule has 1 aliphatic carbocycles. The van der Waals surface area contributed by atoms with Gasteiger partial charge in [-0.3, -0.25) is 19.3 Å². The minimum Gasteiger partial charge on any atom is -0.321 e. The molecule has 0 bridgehead atoms. The van der Waals surface area contributed by atoms with E-state index in [1.54, 1.807) is 0 Å². The molecule has 8 nitrogen and oxygen atoms in total. The smallest absolute Gasteiger partial charge is 0.321 e. The van der Waals surface area contributed by atoms with Gasteiger partial charge in [0.2, 0.25) is 0 Å². The van der Waals surface area contributed by atoms with E-state index in [0.29, 0.717) is 24.0 Å². The molecule has 4 aromatic rings. The van der Waals surface area contributed by atoms with Crippen molar-refractivity contribution in [3.63, 3.8) is 0 Å². The fraction of sp³-hybridized carbons (Fsp3) is 0.280. The van der Waals surface area contributed by atoms with Crippen molar-refractivity contribution in [3.8, 4) is 22.6 Å². The van der Waals surface area contributed by atoms with E-state index in [2.05, 4.69) is 21.5 Å². The molecule has 5 rings (SSSR count). The fourth-order valence-electron chi connectivity index (χ4n) is 4.31. The van der Waals surface area contributed by atoms with Crippen molar-refractivity contribution in [1.82, 2.24) is 24.1 Å². The largest absolute Gasteiger partial charge is 0.431 e. The summed E-state index contributed by atoms with van der Waals surface area (Å²) in [5.41, 5.74) is -1.52. The van der Waals surface area contributed by atoms with Crippen LogP contribution in [0.1, 0.15) is 37.2 Å². The average molecular weight is 548 g/mol. The van der Waals surface area contributed by atoms with Crippen molar-refractivity contribution < 1.29 is 26.0 Å². The SMILES string of the molecule is C=C(F)c1ccc(-c2cnc(-c3nc4cc(C(F)(F)F)n(C5CC5)c(=O)c4n3C)c(S(=O)(=O)CC)c2)cn1. The van der Waals surface area contributed by atoms with E-state index in [-0.39, 0.29) is 38.9 Å². The summed E-state index contributed by atoms with van der Waals surface area (Å²) in [4.78, 5) is 25.5. The van der Waals surface area contributed by atoms with E-state index < -0.39 is 39.1 Å². The van der Waals surface area contributed by atoms with Crippen LogP contribution in [0.25, 0.3) is 39.5 Å². The number of fused-ring (bicyclic) bond motifs is 1. The van der Waals surface area contributed by atoms with E-state index in [9.17, 15) is 30.8 Å². The van der Waals surface area contributed by atoms with Crippen molar-refractivity contribution in [2.24, 2.45) is 7.05 Å². The van der Waals surface area contributed by atoms with Crippen molar-refractivity contribution >= 4 is 26.7 Å². The summed E-state index contributed by atoms with van der Waals surface area (Å²) < 4.78 is 82.9. The van der Waals surface area contributed by atoms with Gasteiger partial charge in [-0.15, -0.1) is 0 Å². The topological polar surface area (TPSA) is 99.7 Å². The molecule has 0 atom stereocenters. The van der Waals surface area contributed by atoms with Gasteiger partial charge in [0.05, 0.1) is 21.9 Å². The molecule has 0 unspecified atom stereocenters. The van der Waals surface area contributed by atoms with Crippen LogP contribution >= 0.6 is 0 Å². The lowest BCUT2D eigenvalue weighted by Gasteiger charge is -2.15. The van der Waals surface area contributed by atoms with Gasteiger partial charge in [-0.05, 0) is 31.0 Å². The zero-order chi connectivity index (χ0) is 27.6. The first kappa shape index (κ1) is 25.8. The third-order valence-electron chi connectivity index (χ3n) is 6.43. The number of rotatable bonds is 6. The highest BCUT2D eigenvalue weighted by Crippen LogP contribution is 2.40. The lowest BCUT2D eigenvalue weighted by molar-refractivity contribution is -0.144. The molecular weight excluding hydrogens is 526 g/mol. The first-order chi connectivity index (χ1) is 17.8. The Hall–Kier alpha value is -3.87. The van der Waals surface area contributed by atoms with Crippen molar-refractivity contribution in [2.45, 2.75) is 36.9 Å². The number of sulfone groups is 1. The van der Waals surface area contributed by atoms with Crippen molar-refractivity contribution in [2.75, 3.05) is 5.75 Å². The lowest BCUT2D eigenvalue weighted by atomic mass is 10.1. The number of nitrogens with zero attached hydrogens (tertiary/aromatic N) is 5. The molecule has 0 amide bonds. The molecule has 0 saturated heterocycles. The summed E-state index contributed by atoms with van der Waals surface area (Å²) in [5.74, 6) is -1.09. The van der Waals surface area contributed by atoms with E-state index in [1.165, 1.54) is 49.1 Å². The normalized spacial score (nSPS) is 14.3. The van der Waals surface area contributed by atoms with Gasteiger partial charge in [0.25, 0.3) is 5.56 Å². The predicted octanol–water partition coefficient (Wildman–Crippen LogP) is 4.95. The Labute approximate surface area is 214 Å². The highest BCUT2D eigenvalue weighted by molar-refractivity contribution is 7.91. The lowest BCUT2D eigenvalue weighted by Crippen LogP contribution is -2.28. The van der Waals surface area contributed by atoms with Crippen LogP contribution in [0.2, 0.25) is 0 Å². The molecule has 13 heteroatoms. The Balaban J connectivity index is 1.73. The highest BCUT2D eigenvalue weighted by atomic mass is 32.2. The van der Waals surface area contributed by atoms with Crippen LogP contribution in [-0.2, 0) is 23.1 Å². The number of imidazole rings is 1. The monoisotopic (exact) mass is 547 g/mol. The Morgan fingerprint density at radius 1 is 1.13 bits per heavy atom. The highest BCUT2D eigenvalue weighted by Gasteiger charge is 2.40. The van der Waals surface area contributed by atoms with Gasteiger partial charge >= 0.3 is 6.18 Å². The van der Waals surface area contributed by atoms with E-state index in [4.69, 9.17) is 0 Å². The van der Waals surface area contributed by atoms with E-state index >= 15 is 0 Å². The molecule has 1 fully saturated rings. The van der Waals surface area contributed by atoms with Gasteiger partial charge in [0, 0.05) is 36.6 Å². The van der Waals surface area contributed by atoms with Crippen molar-refractivity contribution in [1.29, 1.82) is 0 Å². The molecule has 4 aromatic heterocycles. The summed E-state index contributed by atoms with van der Waals surface area (Å²) in [7, 11) is -2.48. The van der Waals surface area contributed by atoms with Gasteiger partial charge in [0.1, 0.15) is 22.7 Å². The Morgan fingerprint density at radius 3 is 2.37 bits per heavy atom. The summed E-state index contributed by atoms with van der Waals surface area (Å²) in [5, 5.41) is 0. The molecular formula is C25H21F4N5O3S. The number of halogens is 4.